The van der Waals surface area contributed by atoms with Gasteiger partial charge in [0.05, 0.1) is 11.5 Å². The van der Waals surface area contributed by atoms with Crippen molar-refractivity contribution < 1.29 is 29.3 Å². The fraction of sp³-hybridized carbons (Fsp3) is 0.636. The average Bonchev–Trinajstić information content (AvgIpc) is 2.98. The molecule has 0 radical (unpaired) electrons. The van der Waals surface area contributed by atoms with Crippen LogP contribution in [-0.4, -0.2) is 47.1 Å². The minimum atomic E-state index is -1.30. The number of hydrogen-bond acceptors (Lipinski definition) is 6. The smallest absolute Gasteiger partial charge is 0.338 e. The van der Waals surface area contributed by atoms with Gasteiger partial charge in [-0.1, -0.05) is 38.5 Å². The number of aliphatic hydroxyl groups is 2. The lowest BCUT2D eigenvalue weighted by atomic mass is 9.44. The molecular formula is C22H28O6. The summed E-state index contributed by atoms with van der Waals surface area (Å²) in [6.07, 6.45) is 1.93. The van der Waals surface area contributed by atoms with Gasteiger partial charge in [-0.15, -0.1) is 0 Å². The summed E-state index contributed by atoms with van der Waals surface area (Å²) in [5.41, 5.74) is -2.07. The highest BCUT2D eigenvalue weighted by molar-refractivity contribution is 5.89. The zero-order chi connectivity index (χ0) is 20.2. The number of fused-ring (bicyclic) bond motifs is 3. The van der Waals surface area contributed by atoms with Crippen LogP contribution in [0.1, 0.15) is 49.9 Å². The van der Waals surface area contributed by atoms with Crippen LogP contribution in [0.25, 0.3) is 0 Å². The summed E-state index contributed by atoms with van der Waals surface area (Å²) in [5.74, 6) is -1.87. The van der Waals surface area contributed by atoms with Crippen molar-refractivity contribution in [1.29, 1.82) is 0 Å². The molecule has 0 amide bonds. The predicted octanol–water partition coefficient (Wildman–Crippen LogP) is 2.32. The molecule has 6 nitrogen and oxygen atoms in total. The Morgan fingerprint density at radius 2 is 1.96 bits per heavy atom. The summed E-state index contributed by atoms with van der Waals surface area (Å²) in [6.45, 7) is 3.84. The zero-order valence-electron chi connectivity index (χ0n) is 16.4. The number of hydrogen-bond donors (Lipinski definition) is 2. The van der Waals surface area contributed by atoms with E-state index in [9.17, 15) is 19.8 Å². The van der Waals surface area contributed by atoms with E-state index in [4.69, 9.17) is 9.47 Å². The van der Waals surface area contributed by atoms with Gasteiger partial charge in [-0.2, -0.15) is 0 Å². The SMILES string of the molecule is C[C@@]1(CO)CCC[C@]2(C)[C@@H]1[C@H](OC(=O)c1ccccc1)C[C@H]1C(=O)OC[C@@]12O. The maximum Gasteiger partial charge on any atom is 0.338 e. The van der Waals surface area contributed by atoms with E-state index >= 15 is 0 Å². The van der Waals surface area contributed by atoms with E-state index in [-0.39, 0.29) is 25.6 Å². The van der Waals surface area contributed by atoms with Gasteiger partial charge in [-0.05, 0) is 30.4 Å². The lowest BCUT2D eigenvalue weighted by Crippen LogP contribution is -2.68. The van der Waals surface area contributed by atoms with Crippen molar-refractivity contribution in [3.05, 3.63) is 35.9 Å². The molecule has 1 aromatic rings. The maximum atomic E-state index is 12.8. The summed E-state index contributed by atoms with van der Waals surface area (Å²) in [4.78, 5) is 25.2. The molecular weight excluding hydrogens is 360 g/mol. The Morgan fingerprint density at radius 1 is 1.25 bits per heavy atom. The quantitative estimate of drug-likeness (QED) is 0.772. The zero-order valence-corrected chi connectivity index (χ0v) is 16.4. The minimum absolute atomic E-state index is 0.0373. The number of ether oxygens (including phenoxy) is 2. The molecule has 2 N–H and O–H groups in total. The first-order chi connectivity index (χ1) is 13.2. The summed E-state index contributed by atoms with van der Waals surface area (Å²) in [7, 11) is 0. The minimum Gasteiger partial charge on any atom is -0.462 e. The number of carbonyl (C=O) groups is 2. The second kappa shape index (κ2) is 6.56. The van der Waals surface area contributed by atoms with Gasteiger partial charge in [0.15, 0.2) is 0 Å². The van der Waals surface area contributed by atoms with Gasteiger partial charge < -0.3 is 19.7 Å². The van der Waals surface area contributed by atoms with E-state index in [0.29, 0.717) is 12.0 Å². The molecule has 1 saturated heterocycles. The summed E-state index contributed by atoms with van der Waals surface area (Å²) in [5, 5.41) is 21.8. The van der Waals surface area contributed by atoms with Crippen molar-refractivity contribution in [1.82, 2.24) is 0 Å². The first-order valence-electron chi connectivity index (χ1n) is 10.0. The molecule has 0 aromatic heterocycles. The fourth-order valence-corrected chi connectivity index (χ4v) is 6.16. The van der Waals surface area contributed by atoms with Crippen LogP contribution in [0.4, 0.5) is 0 Å². The molecule has 3 aliphatic rings. The lowest BCUT2D eigenvalue weighted by Gasteiger charge is -2.62. The van der Waals surface area contributed by atoms with E-state index < -0.39 is 40.4 Å². The monoisotopic (exact) mass is 388 g/mol. The third-order valence-electron chi connectivity index (χ3n) is 7.63. The third-order valence-corrected chi connectivity index (χ3v) is 7.63. The van der Waals surface area contributed by atoms with E-state index in [0.717, 1.165) is 12.8 Å². The molecule has 6 heteroatoms. The van der Waals surface area contributed by atoms with Crippen LogP contribution in [0.2, 0.25) is 0 Å². The Bertz CT molecular complexity index is 778. The van der Waals surface area contributed by atoms with Gasteiger partial charge in [0.25, 0.3) is 0 Å². The molecule has 3 fully saturated rings. The Morgan fingerprint density at radius 3 is 2.64 bits per heavy atom. The molecule has 1 aliphatic heterocycles. The van der Waals surface area contributed by atoms with Gasteiger partial charge in [0.2, 0.25) is 0 Å². The van der Waals surface area contributed by atoms with Crippen LogP contribution in [0.5, 0.6) is 0 Å². The van der Waals surface area contributed by atoms with Crippen LogP contribution in [0.15, 0.2) is 30.3 Å². The van der Waals surface area contributed by atoms with Crippen LogP contribution in [-0.2, 0) is 14.3 Å². The number of rotatable bonds is 3. The Kier molecular flexibility index (Phi) is 4.55. The van der Waals surface area contributed by atoms with Gasteiger partial charge >= 0.3 is 11.9 Å². The van der Waals surface area contributed by atoms with Gasteiger partial charge in [0, 0.05) is 24.4 Å². The molecule has 0 unspecified atom stereocenters. The number of aliphatic hydroxyl groups excluding tert-OH is 1. The third kappa shape index (κ3) is 2.61. The van der Waals surface area contributed by atoms with Crippen LogP contribution < -0.4 is 0 Å². The normalized spacial score (nSPS) is 42.3. The van der Waals surface area contributed by atoms with Crippen molar-refractivity contribution in [3.8, 4) is 0 Å². The topological polar surface area (TPSA) is 93.1 Å². The Hall–Kier alpha value is -1.92. The van der Waals surface area contributed by atoms with Gasteiger partial charge in [0.1, 0.15) is 18.3 Å². The van der Waals surface area contributed by atoms with Crippen molar-refractivity contribution >= 4 is 11.9 Å². The Balaban J connectivity index is 1.74. The molecule has 1 aromatic carbocycles. The van der Waals surface area contributed by atoms with Crippen LogP contribution >= 0.6 is 0 Å². The molecule has 1 heterocycles. The maximum absolute atomic E-state index is 12.8. The standard InChI is InChI=1S/C22H28O6/c1-20(12-23)9-6-10-21(2)17(20)16(11-15-19(25)27-13-22(15,21)26)28-18(24)14-7-4-3-5-8-14/h3-5,7-8,15-17,23,26H,6,9-13H2,1-2H3/t15-,16+,17+,20-,21+,22+/m0/s1. The average molecular weight is 388 g/mol. The second-order valence-corrected chi connectivity index (χ2v) is 9.19. The van der Waals surface area contributed by atoms with E-state index in [1.165, 1.54) is 0 Å². The second-order valence-electron chi connectivity index (χ2n) is 9.19. The van der Waals surface area contributed by atoms with Gasteiger partial charge in [-0.3, -0.25) is 4.79 Å². The molecule has 0 bridgehead atoms. The van der Waals surface area contributed by atoms with E-state index in [1.807, 2.05) is 19.9 Å². The Labute approximate surface area is 164 Å². The van der Waals surface area contributed by atoms with Crippen molar-refractivity contribution in [3.63, 3.8) is 0 Å². The van der Waals surface area contributed by atoms with E-state index in [2.05, 4.69) is 0 Å². The van der Waals surface area contributed by atoms with Crippen LogP contribution in [0, 0.1) is 22.7 Å². The number of benzene rings is 1. The number of carbonyl (C=O) groups excluding carboxylic acids is 2. The highest BCUT2D eigenvalue weighted by Gasteiger charge is 2.71. The van der Waals surface area contributed by atoms with Crippen molar-refractivity contribution in [2.24, 2.45) is 22.7 Å². The molecule has 2 saturated carbocycles. The van der Waals surface area contributed by atoms with Gasteiger partial charge in [-0.25, -0.2) is 4.79 Å². The van der Waals surface area contributed by atoms with Crippen molar-refractivity contribution in [2.75, 3.05) is 13.2 Å². The predicted molar refractivity (Wildman–Crippen MR) is 100 cm³/mol. The largest absolute Gasteiger partial charge is 0.462 e. The fourth-order valence-electron chi connectivity index (χ4n) is 6.16. The number of esters is 2. The molecule has 28 heavy (non-hydrogen) atoms. The lowest BCUT2D eigenvalue weighted by molar-refractivity contribution is -0.238. The first kappa shape index (κ1) is 19.4. The molecule has 152 valence electrons. The molecule has 0 spiro atoms. The van der Waals surface area contributed by atoms with Crippen LogP contribution in [0.3, 0.4) is 0 Å². The molecule has 2 aliphatic carbocycles. The first-order valence-corrected chi connectivity index (χ1v) is 10.0. The summed E-state index contributed by atoms with van der Waals surface area (Å²) >= 11 is 0. The summed E-state index contributed by atoms with van der Waals surface area (Å²) in [6, 6.07) is 8.75. The highest BCUT2D eigenvalue weighted by atomic mass is 16.6. The molecule has 4 rings (SSSR count). The summed E-state index contributed by atoms with van der Waals surface area (Å²) < 4.78 is 11.2. The number of cyclic esters (lactones) is 1. The van der Waals surface area contributed by atoms with E-state index in [1.54, 1.807) is 24.3 Å². The van der Waals surface area contributed by atoms with Crippen molar-refractivity contribution in [2.45, 2.75) is 51.2 Å². The molecule has 6 atom stereocenters. The highest BCUT2D eigenvalue weighted by Crippen LogP contribution is 2.64.